The van der Waals surface area contributed by atoms with Crippen molar-refractivity contribution in [3.05, 3.63) is 90.3 Å². The molecule has 30 heavy (non-hydrogen) atoms. The fraction of sp³-hybridized carbons (Fsp3) is 0.292. The maximum atomic E-state index is 13.6. The zero-order valence-corrected chi connectivity index (χ0v) is 18.0. The van der Waals surface area contributed by atoms with E-state index in [1.807, 2.05) is 61.7 Å². The summed E-state index contributed by atoms with van der Waals surface area (Å²) in [6.07, 6.45) is 5.26. The van der Waals surface area contributed by atoms with E-state index in [4.69, 9.17) is 0 Å². The molecule has 5 nitrogen and oxygen atoms in total. The number of hydrogen-bond donors (Lipinski definition) is 0. The van der Waals surface area contributed by atoms with Crippen LogP contribution in [0.2, 0.25) is 0 Å². The molecule has 1 saturated heterocycles. The second-order valence-electron chi connectivity index (χ2n) is 7.82. The Morgan fingerprint density at radius 2 is 1.67 bits per heavy atom. The van der Waals surface area contributed by atoms with E-state index in [0.717, 1.165) is 43.7 Å². The number of para-hydroxylation sites is 1. The van der Waals surface area contributed by atoms with Crippen molar-refractivity contribution in [2.75, 3.05) is 17.4 Å². The van der Waals surface area contributed by atoms with E-state index in [1.54, 1.807) is 22.6 Å². The van der Waals surface area contributed by atoms with E-state index in [0.29, 0.717) is 4.90 Å². The highest BCUT2D eigenvalue weighted by atomic mass is 32.2. The molecule has 0 spiro atoms. The Balaban J connectivity index is 1.56. The summed E-state index contributed by atoms with van der Waals surface area (Å²) < 4.78 is 28.9. The van der Waals surface area contributed by atoms with E-state index < -0.39 is 10.0 Å². The monoisotopic (exact) mass is 421 g/mol. The van der Waals surface area contributed by atoms with Crippen LogP contribution in [0.4, 0.5) is 5.69 Å². The lowest BCUT2D eigenvalue weighted by molar-refractivity contribution is 0.206. The minimum Gasteiger partial charge on any atom is -0.299 e. The molecule has 1 aliphatic rings. The number of likely N-dealkylation sites (tertiary alicyclic amines) is 1. The van der Waals surface area contributed by atoms with Crippen LogP contribution in [-0.4, -0.2) is 37.4 Å². The number of aryl methyl sites for hydroxylation is 1. The van der Waals surface area contributed by atoms with Gasteiger partial charge in [-0.25, -0.2) is 8.42 Å². The lowest BCUT2D eigenvalue weighted by Gasteiger charge is -2.39. The van der Waals surface area contributed by atoms with Crippen LogP contribution in [-0.2, 0) is 16.6 Å². The van der Waals surface area contributed by atoms with Gasteiger partial charge in [-0.15, -0.1) is 0 Å². The fourth-order valence-corrected chi connectivity index (χ4v) is 5.72. The lowest BCUT2D eigenvalue weighted by atomic mass is 10.0. The molecule has 0 radical (unpaired) electrons. The van der Waals surface area contributed by atoms with E-state index in [1.165, 1.54) is 5.56 Å². The van der Waals surface area contributed by atoms with Crippen molar-refractivity contribution in [3.8, 4) is 0 Å². The number of piperidine rings is 1. The summed E-state index contributed by atoms with van der Waals surface area (Å²) in [6.45, 7) is 4.51. The Morgan fingerprint density at radius 1 is 0.967 bits per heavy atom. The number of anilines is 1. The molecule has 0 amide bonds. The van der Waals surface area contributed by atoms with Gasteiger partial charge in [-0.2, -0.15) is 0 Å². The van der Waals surface area contributed by atoms with Crippen LogP contribution < -0.4 is 4.31 Å². The van der Waals surface area contributed by atoms with Crippen molar-refractivity contribution in [2.24, 2.45) is 0 Å². The first-order valence-corrected chi connectivity index (χ1v) is 11.8. The molecule has 0 unspecified atom stereocenters. The average molecular weight is 422 g/mol. The van der Waals surface area contributed by atoms with Gasteiger partial charge >= 0.3 is 0 Å². The highest BCUT2D eigenvalue weighted by Crippen LogP contribution is 2.30. The third kappa shape index (κ3) is 4.55. The van der Waals surface area contributed by atoms with Gasteiger partial charge < -0.3 is 0 Å². The number of hydrogen-bond acceptors (Lipinski definition) is 4. The molecule has 4 rings (SSSR count). The SMILES string of the molecule is Cc1ccc(S(=O)(=O)N(c2ccccc2)C2CCN(Cc3cccnc3)CC2)cc1. The minimum atomic E-state index is -3.64. The first-order valence-electron chi connectivity index (χ1n) is 10.3. The van der Waals surface area contributed by atoms with Crippen LogP contribution in [0, 0.1) is 6.92 Å². The van der Waals surface area contributed by atoms with Crippen LogP contribution in [0.15, 0.2) is 84.0 Å². The number of sulfonamides is 1. The predicted octanol–water partition coefficient (Wildman–Crippen LogP) is 4.25. The molecule has 156 valence electrons. The molecule has 1 aromatic heterocycles. The molecule has 6 heteroatoms. The topological polar surface area (TPSA) is 53.5 Å². The number of pyridine rings is 1. The van der Waals surface area contributed by atoms with Gasteiger partial charge in [0.05, 0.1) is 10.6 Å². The predicted molar refractivity (Wildman–Crippen MR) is 120 cm³/mol. The Bertz CT molecular complexity index is 1050. The van der Waals surface area contributed by atoms with Gasteiger partial charge in [0.1, 0.15) is 0 Å². The quantitative estimate of drug-likeness (QED) is 0.597. The smallest absolute Gasteiger partial charge is 0.264 e. The largest absolute Gasteiger partial charge is 0.299 e. The first-order chi connectivity index (χ1) is 14.5. The zero-order chi connectivity index (χ0) is 21.0. The Labute approximate surface area is 179 Å². The highest BCUT2D eigenvalue weighted by molar-refractivity contribution is 7.92. The van der Waals surface area contributed by atoms with Gasteiger partial charge in [0.2, 0.25) is 0 Å². The maximum Gasteiger partial charge on any atom is 0.264 e. The number of rotatable bonds is 6. The molecule has 0 aliphatic carbocycles. The molecular formula is C24H27N3O2S. The molecule has 2 aromatic carbocycles. The molecule has 0 bridgehead atoms. The summed E-state index contributed by atoms with van der Waals surface area (Å²) in [5.74, 6) is 0. The highest BCUT2D eigenvalue weighted by Gasteiger charge is 2.34. The van der Waals surface area contributed by atoms with Crippen LogP contribution in [0.1, 0.15) is 24.0 Å². The van der Waals surface area contributed by atoms with E-state index in [9.17, 15) is 8.42 Å². The molecule has 0 N–H and O–H groups in total. The number of aromatic nitrogens is 1. The second-order valence-corrected chi connectivity index (χ2v) is 9.63. The second kappa shape index (κ2) is 8.98. The molecular weight excluding hydrogens is 394 g/mol. The summed E-state index contributed by atoms with van der Waals surface area (Å²) in [5.41, 5.74) is 2.95. The Kier molecular flexibility index (Phi) is 6.16. The van der Waals surface area contributed by atoms with Crippen molar-refractivity contribution in [3.63, 3.8) is 0 Å². The summed E-state index contributed by atoms with van der Waals surface area (Å²) in [5, 5.41) is 0. The average Bonchev–Trinajstić information content (AvgIpc) is 2.77. The van der Waals surface area contributed by atoms with Crippen LogP contribution >= 0.6 is 0 Å². The van der Waals surface area contributed by atoms with Crippen LogP contribution in [0.25, 0.3) is 0 Å². The van der Waals surface area contributed by atoms with Crippen molar-refractivity contribution >= 4 is 15.7 Å². The third-order valence-electron chi connectivity index (χ3n) is 5.61. The lowest BCUT2D eigenvalue weighted by Crippen LogP contribution is -2.47. The van der Waals surface area contributed by atoms with Gasteiger partial charge in [-0.05, 0) is 55.7 Å². The van der Waals surface area contributed by atoms with Crippen molar-refractivity contribution in [2.45, 2.75) is 37.2 Å². The Hall–Kier alpha value is -2.70. The molecule has 1 fully saturated rings. The molecule has 0 saturated carbocycles. The summed E-state index contributed by atoms with van der Waals surface area (Å²) in [4.78, 5) is 6.90. The number of benzene rings is 2. The molecule has 0 atom stereocenters. The van der Waals surface area contributed by atoms with Gasteiger partial charge in [0.25, 0.3) is 10.0 Å². The van der Waals surface area contributed by atoms with Crippen molar-refractivity contribution in [1.29, 1.82) is 0 Å². The standard InChI is InChI=1S/C24H27N3O2S/c1-20-9-11-24(12-10-20)30(28,29)27(22-7-3-2-4-8-22)23-13-16-26(17-14-23)19-21-6-5-15-25-18-21/h2-12,15,18,23H,13-14,16-17,19H2,1H3. The zero-order valence-electron chi connectivity index (χ0n) is 17.2. The molecule has 1 aliphatic heterocycles. The van der Waals surface area contributed by atoms with Crippen LogP contribution in [0.5, 0.6) is 0 Å². The van der Waals surface area contributed by atoms with Gasteiger partial charge in [0.15, 0.2) is 0 Å². The summed E-state index contributed by atoms with van der Waals surface area (Å²) in [7, 11) is -3.64. The number of nitrogens with zero attached hydrogens (tertiary/aromatic N) is 3. The third-order valence-corrected chi connectivity index (χ3v) is 7.50. The fourth-order valence-electron chi connectivity index (χ4n) is 4.01. The van der Waals surface area contributed by atoms with E-state index in [-0.39, 0.29) is 6.04 Å². The maximum absolute atomic E-state index is 13.6. The molecule has 3 aromatic rings. The Morgan fingerprint density at radius 3 is 2.30 bits per heavy atom. The van der Waals surface area contributed by atoms with Crippen LogP contribution in [0.3, 0.4) is 0 Å². The summed E-state index contributed by atoms with van der Waals surface area (Å²) in [6, 6.07) is 20.6. The molecule has 2 heterocycles. The normalized spacial score (nSPS) is 15.8. The van der Waals surface area contributed by atoms with E-state index >= 15 is 0 Å². The van der Waals surface area contributed by atoms with E-state index in [2.05, 4.69) is 16.0 Å². The van der Waals surface area contributed by atoms with Crippen molar-refractivity contribution < 1.29 is 8.42 Å². The summed E-state index contributed by atoms with van der Waals surface area (Å²) >= 11 is 0. The van der Waals surface area contributed by atoms with Crippen molar-refractivity contribution in [1.82, 2.24) is 9.88 Å². The van der Waals surface area contributed by atoms with Gasteiger partial charge in [-0.3, -0.25) is 14.2 Å². The van der Waals surface area contributed by atoms with Gasteiger partial charge in [0, 0.05) is 38.1 Å². The minimum absolute atomic E-state index is 0.0659. The first kappa shape index (κ1) is 20.6. The van der Waals surface area contributed by atoms with Gasteiger partial charge in [-0.1, -0.05) is 42.0 Å².